The van der Waals surface area contributed by atoms with E-state index in [2.05, 4.69) is 25.0 Å². The van der Waals surface area contributed by atoms with Crippen molar-refractivity contribution in [3.05, 3.63) is 90.7 Å². The number of anilines is 1. The molecule has 3 heterocycles. The third-order valence-electron chi connectivity index (χ3n) is 8.96. The van der Waals surface area contributed by atoms with Gasteiger partial charge in [0, 0.05) is 42.4 Å². The number of aromatic nitrogens is 3. The van der Waals surface area contributed by atoms with Crippen LogP contribution in [0.5, 0.6) is 5.75 Å². The van der Waals surface area contributed by atoms with Crippen molar-refractivity contribution in [1.82, 2.24) is 14.6 Å². The Morgan fingerprint density at radius 3 is 2.45 bits per heavy atom. The summed E-state index contributed by atoms with van der Waals surface area (Å²) in [6.45, 7) is 20.6. The van der Waals surface area contributed by atoms with Crippen molar-refractivity contribution in [2.45, 2.75) is 84.2 Å². The first-order valence-corrected chi connectivity index (χ1v) is 17.2. The largest absolute Gasteiger partial charge is 0.490 e. The quantitative estimate of drug-likeness (QED) is 0.101. The zero-order valence-corrected chi connectivity index (χ0v) is 30.6. The second kappa shape index (κ2) is 15.3. The molecule has 2 aromatic carbocycles. The molecule has 0 unspecified atom stereocenters. The highest BCUT2D eigenvalue weighted by molar-refractivity contribution is 5.81. The van der Waals surface area contributed by atoms with E-state index in [-0.39, 0.29) is 28.6 Å². The van der Waals surface area contributed by atoms with Gasteiger partial charge in [-0.2, -0.15) is 9.61 Å². The zero-order chi connectivity index (χ0) is 37.1. The van der Waals surface area contributed by atoms with Gasteiger partial charge in [0.1, 0.15) is 23.2 Å². The number of carbonyl (C=O) groups is 1. The number of carbonyl (C=O) groups excluding carboxylic acids is 1. The van der Waals surface area contributed by atoms with Gasteiger partial charge >= 0.3 is 5.97 Å². The molecule has 11 heteroatoms. The molecule has 9 nitrogen and oxygen atoms in total. The Hall–Kier alpha value is -4.61. The molecule has 0 bridgehead atoms. The Kier molecular flexibility index (Phi) is 11.3. The zero-order valence-electron chi connectivity index (χ0n) is 30.6. The van der Waals surface area contributed by atoms with Crippen LogP contribution in [0.4, 0.5) is 14.6 Å². The predicted molar refractivity (Wildman–Crippen MR) is 195 cm³/mol. The second-order valence-electron chi connectivity index (χ2n) is 14.2. The lowest BCUT2D eigenvalue weighted by molar-refractivity contribution is -0.164. The molecule has 4 aromatic rings. The smallest absolute Gasteiger partial charge is 0.339 e. The van der Waals surface area contributed by atoms with Gasteiger partial charge in [0.2, 0.25) is 0 Å². The maximum absolute atomic E-state index is 15.6. The molecule has 0 saturated carbocycles. The summed E-state index contributed by atoms with van der Waals surface area (Å²) in [5, 5.41) is 4.99. The number of hydrogen-bond acceptors (Lipinski definition) is 8. The lowest BCUT2D eigenvalue weighted by Gasteiger charge is -2.41. The van der Waals surface area contributed by atoms with Crippen molar-refractivity contribution in [1.29, 1.82) is 0 Å². The highest BCUT2D eigenvalue weighted by Crippen LogP contribution is 2.40. The molecular formula is C40H48F2N4O5. The number of ether oxygens (including phenoxy) is 4. The lowest BCUT2D eigenvalue weighted by Crippen LogP contribution is -2.45. The number of hydrogen-bond donors (Lipinski definition) is 0. The van der Waals surface area contributed by atoms with E-state index >= 15 is 8.78 Å². The van der Waals surface area contributed by atoms with E-state index < -0.39 is 29.3 Å². The van der Waals surface area contributed by atoms with Gasteiger partial charge in [-0.3, -0.25) is 0 Å². The van der Waals surface area contributed by atoms with Crippen LogP contribution >= 0.6 is 0 Å². The van der Waals surface area contributed by atoms with Crippen molar-refractivity contribution >= 4 is 17.4 Å². The molecule has 1 fully saturated rings. The van der Waals surface area contributed by atoms with Crippen LogP contribution in [0.15, 0.2) is 67.8 Å². The van der Waals surface area contributed by atoms with E-state index in [0.29, 0.717) is 72.9 Å². The van der Waals surface area contributed by atoms with E-state index in [1.54, 1.807) is 40.9 Å². The Balaban J connectivity index is 1.67. The van der Waals surface area contributed by atoms with Gasteiger partial charge in [-0.15, -0.1) is 13.2 Å². The molecule has 0 radical (unpaired) electrons. The average molecular weight is 703 g/mol. The molecule has 1 aliphatic heterocycles. The summed E-state index contributed by atoms with van der Waals surface area (Å²) in [7, 11) is 1.33. The van der Waals surface area contributed by atoms with E-state index in [1.165, 1.54) is 25.3 Å². The van der Waals surface area contributed by atoms with Gasteiger partial charge in [-0.05, 0) is 84.7 Å². The van der Waals surface area contributed by atoms with Crippen molar-refractivity contribution in [2.75, 3.05) is 31.7 Å². The van der Waals surface area contributed by atoms with Crippen molar-refractivity contribution in [3.63, 3.8) is 0 Å². The number of methoxy groups -OCH3 is 1. The molecule has 0 amide bonds. The first-order chi connectivity index (χ1) is 24.2. The summed E-state index contributed by atoms with van der Waals surface area (Å²) in [5.74, 6) is -0.928. The summed E-state index contributed by atoms with van der Waals surface area (Å²) < 4.78 is 56.5. The second-order valence-corrected chi connectivity index (χ2v) is 14.2. The van der Waals surface area contributed by atoms with Crippen LogP contribution in [0.2, 0.25) is 0 Å². The van der Waals surface area contributed by atoms with Gasteiger partial charge < -0.3 is 23.8 Å². The van der Waals surface area contributed by atoms with E-state index in [9.17, 15) is 4.79 Å². The van der Waals surface area contributed by atoms with Crippen molar-refractivity contribution in [3.8, 4) is 28.1 Å². The summed E-state index contributed by atoms with van der Waals surface area (Å²) in [5.41, 5.74) is 1.63. The number of benzene rings is 2. The number of esters is 1. The average Bonchev–Trinajstić information content (AvgIpc) is 3.50. The predicted octanol–water partition coefficient (Wildman–Crippen LogP) is 8.58. The maximum atomic E-state index is 15.6. The SMILES string of the molecule is C=CCOC1(C)CCN(c2c([C@H](OC(C)(C)C)C(=O)OC)c(C)nc3cc(-c4ccc(F)c(-c5c(F)cccc5O[C@@H](C)CC=C)c4)nn23)CC1. The van der Waals surface area contributed by atoms with Gasteiger partial charge in [-0.25, -0.2) is 18.6 Å². The molecule has 0 spiro atoms. The Morgan fingerprint density at radius 2 is 1.80 bits per heavy atom. The molecule has 1 saturated heterocycles. The highest BCUT2D eigenvalue weighted by Gasteiger charge is 2.38. The minimum atomic E-state index is -1.10. The summed E-state index contributed by atoms with van der Waals surface area (Å²) in [4.78, 5) is 20.4. The summed E-state index contributed by atoms with van der Waals surface area (Å²) in [6, 6.07) is 10.7. The van der Waals surface area contributed by atoms with Crippen LogP contribution < -0.4 is 9.64 Å². The number of aryl methyl sites for hydroxylation is 1. The van der Waals surface area contributed by atoms with E-state index in [4.69, 9.17) is 29.0 Å². The van der Waals surface area contributed by atoms with Crippen molar-refractivity contribution < 1.29 is 32.5 Å². The molecule has 0 aliphatic carbocycles. The third kappa shape index (κ3) is 8.31. The molecule has 51 heavy (non-hydrogen) atoms. The number of halogens is 2. The first-order valence-electron chi connectivity index (χ1n) is 17.2. The van der Waals surface area contributed by atoms with Gasteiger partial charge in [-0.1, -0.05) is 18.2 Å². The van der Waals surface area contributed by atoms with Gasteiger partial charge in [0.05, 0.1) is 47.8 Å². The van der Waals surface area contributed by atoms with E-state index in [1.807, 2.05) is 34.6 Å². The van der Waals surface area contributed by atoms with Gasteiger partial charge in [0.25, 0.3) is 0 Å². The van der Waals surface area contributed by atoms with Crippen LogP contribution in [0.1, 0.15) is 71.2 Å². The van der Waals surface area contributed by atoms with Crippen LogP contribution in [0.25, 0.3) is 28.0 Å². The lowest BCUT2D eigenvalue weighted by atomic mass is 9.92. The molecule has 2 aromatic heterocycles. The topological polar surface area (TPSA) is 87.4 Å². The Labute approximate surface area is 298 Å². The van der Waals surface area contributed by atoms with Crippen LogP contribution in [0.3, 0.4) is 0 Å². The minimum absolute atomic E-state index is 0.0174. The van der Waals surface area contributed by atoms with Crippen LogP contribution in [-0.4, -0.2) is 64.7 Å². The fraction of sp³-hybridized carbons (Fsp3) is 0.425. The summed E-state index contributed by atoms with van der Waals surface area (Å²) in [6.07, 6.45) is 4.01. The number of piperidine rings is 1. The summed E-state index contributed by atoms with van der Waals surface area (Å²) >= 11 is 0. The van der Waals surface area contributed by atoms with Crippen LogP contribution in [-0.2, 0) is 19.0 Å². The first kappa shape index (κ1) is 37.6. The maximum Gasteiger partial charge on any atom is 0.339 e. The molecule has 1 aliphatic rings. The third-order valence-corrected chi connectivity index (χ3v) is 8.96. The van der Waals surface area contributed by atoms with Crippen molar-refractivity contribution in [2.24, 2.45) is 0 Å². The van der Waals surface area contributed by atoms with Crippen LogP contribution in [0, 0.1) is 18.6 Å². The highest BCUT2D eigenvalue weighted by atomic mass is 19.1. The Bertz CT molecular complexity index is 1910. The monoisotopic (exact) mass is 702 g/mol. The molecule has 0 N–H and O–H groups in total. The van der Waals surface area contributed by atoms with E-state index in [0.717, 1.165) is 0 Å². The Morgan fingerprint density at radius 1 is 1.08 bits per heavy atom. The fourth-order valence-electron chi connectivity index (χ4n) is 6.39. The number of fused-ring (bicyclic) bond motifs is 1. The molecule has 2 atom stereocenters. The molecule has 272 valence electrons. The number of nitrogens with zero attached hydrogens (tertiary/aromatic N) is 4. The van der Waals surface area contributed by atoms with Gasteiger partial charge in [0.15, 0.2) is 11.8 Å². The molecule has 5 rings (SSSR count). The fourth-order valence-corrected chi connectivity index (χ4v) is 6.39. The standard InChI is InChI=1S/C40H48F2N4O5/c1-10-13-25(3)50-32-15-12-14-30(42)35(32)28-23-27(16-17-29(28)41)31-24-33-43-26(4)34(36(38(47)48-9)51-39(5,6)7)37(46(33)44-31)45-20-18-40(8,19-21-45)49-22-11-2/h10-12,14-17,23-25,36H,1-2,13,18-22H2,3-9H3/t25-,36-/m0/s1. The normalized spacial score (nSPS) is 15.7. The number of rotatable bonds is 13. The minimum Gasteiger partial charge on any atom is -0.490 e. The molecular weight excluding hydrogens is 654 g/mol.